The number of rotatable bonds is 6. The number of carbonyl (C=O) groups is 2. The number of methoxy groups -OCH3 is 1. The fraction of sp³-hybridized carbons (Fsp3) is 0.467. The number of nitrogens with one attached hydrogen (secondary N) is 1. The van der Waals surface area contributed by atoms with E-state index in [-0.39, 0.29) is 17.6 Å². The van der Waals surface area contributed by atoms with Gasteiger partial charge in [0.05, 0.1) is 12.2 Å². The van der Waals surface area contributed by atoms with E-state index in [0.717, 1.165) is 0 Å². The number of anilines is 1. The van der Waals surface area contributed by atoms with Crippen LogP contribution >= 0.6 is 0 Å². The summed E-state index contributed by atoms with van der Waals surface area (Å²) in [6.07, 6.45) is 0. The number of carbonyl (C=O) groups excluding carboxylic acids is 1. The highest BCUT2D eigenvalue weighted by Crippen LogP contribution is 2.16. The molecule has 1 aromatic rings. The number of aromatic carboxylic acids is 1. The number of amides is 2. The van der Waals surface area contributed by atoms with Crippen molar-refractivity contribution in [1.29, 1.82) is 0 Å². The Morgan fingerprint density at radius 2 is 2.05 bits per heavy atom. The lowest BCUT2D eigenvalue weighted by atomic mass is 10.1. The summed E-state index contributed by atoms with van der Waals surface area (Å²) >= 11 is 0. The minimum Gasteiger partial charge on any atom is -0.478 e. The smallest absolute Gasteiger partial charge is 0.335 e. The molecule has 2 amide bonds. The first-order chi connectivity index (χ1) is 9.86. The van der Waals surface area contributed by atoms with Crippen molar-refractivity contribution in [3.05, 3.63) is 29.3 Å². The van der Waals surface area contributed by atoms with E-state index in [1.54, 1.807) is 31.1 Å². The third-order valence-electron chi connectivity index (χ3n) is 3.13. The standard InChI is InChI=1S/C15H22N2O4/c1-10(2)17(7-8-21-4)15(20)16-12-5-6-13(14(18)19)11(3)9-12/h5-6,9-10H,7-8H2,1-4H3,(H,16,20)(H,18,19). The summed E-state index contributed by atoms with van der Waals surface area (Å²) in [6.45, 7) is 6.50. The van der Waals surface area contributed by atoms with E-state index in [4.69, 9.17) is 9.84 Å². The zero-order chi connectivity index (χ0) is 16.0. The molecule has 0 spiro atoms. The van der Waals surface area contributed by atoms with E-state index in [0.29, 0.717) is 24.4 Å². The number of nitrogens with zero attached hydrogens (tertiary/aromatic N) is 1. The lowest BCUT2D eigenvalue weighted by Crippen LogP contribution is -2.42. The number of hydrogen-bond donors (Lipinski definition) is 2. The van der Waals surface area contributed by atoms with Crippen LogP contribution in [-0.2, 0) is 4.74 Å². The predicted octanol–water partition coefficient (Wildman–Crippen LogP) is 2.58. The molecule has 0 heterocycles. The lowest BCUT2D eigenvalue weighted by molar-refractivity contribution is 0.0696. The molecule has 0 radical (unpaired) electrons. The molecule has 0 bridgehead atoms. The van der Waals surface area contributed by atoms with E-state index >= 15 is 0 Å². The quantitative estimate of drug-likeness (QED) is 0.845. The number of urea groups is 1. The molecule has 21 heavy (non-hydrogen) atoms. The van der Waals surface area contributed by atoms with Gasteiger partial charge < -0.3 is 20.1 Å². The zero-order valence-electron chi connectivity index (χ0n) is 12.8. The number of hydrogen-bond acceptors (Lipinski definition) is 3. The maximum atomic E-state index is 12.2. The molecule has 0 saturated heterocycles. The maximum absolute atomic E-state index is 12.2. The SMILES string of the molecule is COCCN(C(=O)Nc1ccc(C(=O)O)c(C)c1)C(C)C. The van der Waals surface area contributed by atoms with Crippen LogP contribution in [0.4, 0.5) is 10.5 Å². The molecule has 0 aliphatic heterocycles. The molecule has 0 unspecified atom stereocenters. The van der Waals surface area contributed by atoms with Crippen LogP contribution in [0.2, 0.25) is 0 Å². The molecule has 0 aromatic heterocycles. The molecular weight excluding hydrogens is 272 g/mol. The summed E-state index contributed by atoms with van der Waals surface area (Å²) in [5.74, 6) is -0.978. The van der Waals surface area contributed by atoms with Gasteiger partial charge in [0.2, 0.25) is 0 Å². The third-order valence-corrected chi connectivity index (χ3v) is 3.13. The molecule has 0 saturated carbocycles. The summed E-state index contributed by atoms with van der Waals surface area (Å²) in [7, 11) is 1.59. The van der Waals surface area contributed by atoms with Crippen molar-refractivity contribution in [2.24, 2.45) is 0 Å². The van der Waals surface area contributed by atoms with Gasteiger partial charge in [-0.15, -0.1) is 0 Å². The molecular formula is C15H22N2O4. The summed E-state index contributed by atoms with van der Waals surface area (Å²) in [5.41, 5.74) is 1.41. The van der Waals surface area contributed by atoms with Crippen molar-refractivity contribution in [3.63, 3.8) is 0 Å². The van der Waals surface area contributed by atoms with E-state index in [9.17, 15) is 9.59 Å². The van der Waals surface area contributed by atoms with Gasteiger partial charge in [-0.05, 0) is 44.5 Å². The van der Waals surface area contributed by atoms with Gasteiger partial charge in [0.25, 0.3) is 0 Å². The summed E-state index contributed by atoms with van der Waals surface area (Å²) in [4.78, 5) is 24.9. The number of benzene rings is 1. The van der Waals surface area contributed by atoms with Gasteiger partial charge in [0.15, 0.2) is 0 Å². The van der Waals surface area contributed by atoms with Gasteiger partial charge in [0.1, 0.15) is 0 Å². The van der Waals surface area contributed by atoms with Crippen molar-refractivity contribution in [1.82, 2.24) is 4.90 Å². The molecule has 116 valence electrons. The van der Waals surface area contributed by atoms with E-state index in [1.807, 2.05) is 13.8 Å². The van der Waals surface area contributed by atoms with Crippen molar-refractivity contribution in [2.45, 2.75) is 26.8 Å². The van der Waals surface area contributed by atoms with Gasteiger partial charge in [0, 0.05) is 25.4 Å². The van der Waals surface area contributed by atoms with E-state index in [2.05, 4.69) is 5.32 Å². The van der Waals surface area contributed by atoms with Crippen LogP contribution in [-0.4, -0.2) is 48.3 Å². The van der Waals surface area contributed by atoms with E-state index in [1.165, 1.54) is 6.07 Å². The second-order valence-electron chi connectivity index (χ2n) is 5.04. The van der Waals surface area contributed by atoms with Crippen LogP contribution in [0.25, 0.3) is 0 Å². The minimum atomic E-state index is -0.978. The molecule has 2 N–H and O–H groups in total. The Labute approximate surface area is 124 Å². The van der Waals surface area contributed by atoms with Crippen molar-refractivity contribution >= 4 is 17.7 Å². The average Bonchev–Trinajstić information content (AvgIpc) is 2.38. The molecule has 1 rings (SSSR count). The molecule has 0 atom stereocenters. The van der Waals surface area contributed by atoms with Gasteiger partial charge in [-0.1, -0.05) is 0 Å². The topological polar surface area (TPSA) is 78.9 Å². The predicted molar refractivity (Wildman–Crippen MR) is 80.9 cm³/mol. The second kappa shape index (κ2) is 7.64. The summed E-state index contributed by atoms with van der Waals surface area (Å²) in [6, 6.07) is 4.53. The Morgan fingerprint density at radius 1 is 1.38 bits per heavy atom. The summed E-state index contributed by atoms with van der Waals surface area (Å²) in [5, 5.41) is 11.8. The largest absolute Gasteiger partial charge is 0.478 e. The molecule has 0 aliphatic carbocycles. The highest BCUT2D eigenvalue weighted by molar-refractivity contribution is 5.92. The van der Waals surface area contributed by atoms with Crippen LogP contribution in [0.5, 0.6) is 0 Å². The Balaban J connectivity index is 2.81. The van der Waals surface area contributed by atoms with Gasteiger partial charge >= 0.3 is 12.0 Å². The Bertz CT molecular complexity index is 514. The average molecular weight is 294 g/mol. The molecule has 0 fully saturated rings. The van der Waals surface area contributed by atoms with Gasteiger partial charge in [-0.2, -0.15) is 0 Å². The Hall–Kier alpha value is -2.08. The van der Waals surface area contributed by atoms with Gasteiger partial charge in [-0.25, -0.2) is 9.59 Å². The molecule has 0 aliphatic rings. The first-order valence-corrected chi connectivity index (χ1v) is 6.77. The monoisotopic (exact) mass is 294 g/mol. The normalized spacial score (nSPS) is 10.5. The number of ether oxygens (including phenoxy) is 1. The minimum absolute atomic E-state index is 0.0412. The Kier molecular flexibility index (Phi) is 6.17. The van der Waals surface area contributed by atoms with Crippen LogP contribution in [0.3, 0.4) is 0 Å². The highest BCUT2D eigenvalue weighted by Gasteiger charge is 2.17. The highest BCUT2D eigenvalue weighted by atomic mass is 16.5. The maximum Gasteiger partial charge on any atom is 0.335 e. The van der Waals surface area contributed by atoms with Crippen LogP contribution < -0.4 is 5.32 Å². The first-order valence-electron chi connectivity index (χ1n) is 6.77. The number of aryl methyl sites for hydroxylation is 1. The second-order valence-corrected chi connectivity index (χ2v) is 5.04. The lowest BCUT2D eigenvalue weighted by Gasteiger charge is -2.26. The zero-order valence-corrected chi connectivity index (χ0v) is 12.8. The fourth-order valence-electron chi connectivity index (χ4n) is 1.96. The molecule has 6 nitrogen and oxygen atoms in total. The summed E-state index contributed by atoms with van der Waals surface area (Å²) < 4.78 is 5.00. The van der Waals surface area contributed by atoms with Crippen molar-refractivity contribution in [3.8, 4) is 0 Å². The number of carboxylic acid groups (broad SMARTS) is 1. The van der Waals surface area contributed by atoms with Crippen molar-refractivity contribution in [2.75, 3.05) is 25.6 Å². The van der Waals surface area contributed by atoms with Gasteiger partial charge in [-0.3, -0.25) is 0 Å². The van der Waals surface area contributed by atoms with Crippen LogP contribution in [0.15, 0.2) is 18.2 Å². The molecule has 1 aromatic carbocycles. The van der Waals surface area contributed by atoms with Crippen molar-refractivity contribution < 1.29 is 19.4 Å². The fourth-order valence-corrected chi connectivity index (χ4v) is 1.96. The first kappa shape index (κ1) is 17.0. The third kappa shape index (κ3) is 4.75. The number of carboxylic acids is 1. The van der Waals surface area contributed by atoms with E-state index < -0.39 is 5.97 Å². The molecule has 6 heteroatoms. The van der Waals surface area contributed by atoms with Crippen LogP contribution in [0.1, 0.15) is 29.8 Å². The van der Waals surface area contributed by atoms with Crippen LogP contribution in [0, 0.1) is 6.92 Å². The Morgan fingerprint density at radius 3 is 2.52 bits per heavy atom.